The number of imidazole rings is 1. The van der Waals surface area contributed by atoms with Crippen LogP contribution in [0.3, 0.4) is 0 Å². The van der Waals surface area contributed by atoms with Crippen molar-refractivity contribution in [2.24, 2.45) is 0 Å². The molecule has 0 spiro atoms. The fraction of sp³-hybridized carbons (Fsp3) is 0.304. The first-order valence-electron chi connectivity index (χ1n) is 9.96. The van der Waals surface area contributed by atoms with Gasteiger partial charge >= 0.3 is 6.18 Å². The number of hydrogen-bond donors (Lipinski definition) is 1. The highest BCUT2D eigenvalue weighted by molar-refractivity contribution is 5.77. The van der Waals surface area contributed by atoms with Gasteiger partial charge in [-0.05, 0) is 18.2 Å². The predicted molar refractivity (Wildman–Crippen MR) is 112 cm³/mol. The van der Waals surface area contributed by atoms with E-state index in [1.165, 1.54) is 12.4 Å². The van der Waals surface area contributed by atoms with Gasteiger partial charge in [-0.2, -0.15) is 13.2 Å². The molecule has 31 heavy (non-hydrogen) atoms. The third-order valence-electron chi connectivity index (χ3n) is 4.85. The van der Waals surface area contributed by atoms with Crippen LogP contribution in [0.1, 0.15) is 29.4 Å². The van der Waals surface area contributed by atoms with E-state index in [4.69, 9.17) is 0 Å². The summed E-state index contributed by atoms with van der Waals surface area (Å²) in [4.78, 5) is 18.5. The summed E-state index contributed by atoms with van der Waals surface area (Å²) >= 11 is 0. The van der Waals surface area contributed by atoms with Crippen LogP contribution in [0.25, 0.3) is 0 Å². The minimum atomic E-state index is -4.31. The Morgan fingerprint density at radius 1 is 1.06 bits per heavy atom. The number of carbonyl (C=O) groups excluding carboxylic acids is 1. The molecular formula is C23H25F3N4O. The van der Waals surface area contributed by atoms with Gasteiger partial charge in [0.1, 0.15) is 12.4 Å². The molecule has 0 aliphatic carbocycles. The maximum Gasteiger partial charge on any atom is 0.406 e. The third kappa shape index (κ3) is 6.96. The highest BCUT2D eigenvalue weighted by atomic mass is 19.4. The first-order valence-corrected chi connectivity index (χ1v) is 9.96. The van der Waals surface area contributed by atoms with E-state index in [-0.39, 0.29) is 24.9 Å². The normalized spacial score (nSPS) is 11.8. The van der Waals surface area contributed by atoms with Crippen LogP contribution in [0.2, 0.25) is 0 Å². The van der Waals surface area contributed by atoms with Gasteiger partial charge in [-0.3, -0.25) is 9.69 Å². The summed E-state index contributed by atoms with van der Waals surface area (Å²) < 4.78 is 39.1. The van der Waals surface area contributed by atoms with E-state index in [9.17, 15) is 18.0 Å². The predicted octanol–water partition coefficient (Wildman–Crippen LogP) is 4.17. The number of halogens is 3. The van der Waals surface area contributed by atoms with Gasteiger partial charge in [0.05, 0.1) is 12.6 Å². The van der Waals surface area contributed by atoms with Crippen molar-refractivity contribution in [2.75, 3.05) is 13.6 Å². The monoisotopic (exact) mass is 430 g/mol. The van der Waals surface area contributed by atoms with Crippen molar-refractivity contribution in [3.8, 4) is 0 Å². The van der Waals surface area contributed by atoms with Gasteiger partial charge < -0.3 is 9.88 Å². The Labute approximate surface area is 179 Å². The third-order valence-corrected chi connectivity index (χ3v) is 4.85. The molecule has 0 unspecified atom stereocenters. The Kier molecular flexibility index (Phi) is 7.46. The van der Waals surface area contributed by atoms with Crippen LogP contribution >= 0.6 is 0 Å². The number of rotatable bonds is 9. The molecule has 164 valence electrons. The van der Waals surface area contributed by atoms with Crippen LogP contribution in [0.15, 0.2) is 73.1 Å². The summed E-state index contributed by atoms with van der Waals surface area (Å²) in [5.41, 5.74) is 1.95. The second-order valence-electron chi connectivity index (χ2n) is 7.40. The van der Waals surface area contributed by atoms with E-state index in [1.54, 1.807) is 11.9 Å². The second kappa shape index (κ2) is 10.3. The lowest BCUT2D eigenvalue weighted by Crippen LogP contribution is -2.32. The molecule has 3 rings (SSSR count). The molecule has 0 bridgehead atoms. The average molecular weight is 430 g/mol. The van der Waals surface area contributed by atoms with E-state index in [2.05, 4.69) is 10.3 Å². The van der Waals surface area contributed by atoms with Gasteiger partial charge in [0.2, 0.25) is 5.91 Å². The van der Waals surface area contributed by atoms with Crippen molar-refractivity contribution < 1.29 is 18.0 Å². The molecule has 0 radical (unpaired) electrons. The summed E-state index contributed by atoms with van der Waals surface area (Å²) in [6, 6.07) is 19.1. The van der Waals surface area contributed by atoms with Gasteiger partial charge in [0.25, 0.3) is 0 Å². The minimum absolute atomic E-state index is 0.136. The van der Waals surface area contributed by atoms with E-state index in [1.807, 2.05) is 60.7 Å². The standard InChI is InChI=1S/C23H25F3N4O/c1-29(16-20-27-13-15-30(20)17-23(24,25)26)14-12-21(31)28-22(18-8-4-2-5-9-18)19-10-6-3-7-11-19/h2-11,13,15,22H,12,14,16-17H2,1H3,(H,28,31). The number of nitrogens with zero attached hydrogens (tertiary/aromatic N) is 3. The molecule has 0 aliphatic heterocycles. The molecule has 1 N–H and O–H groups in total. The molecule has 0 atom stereocenters. The molecule has 8 heteroatoms. The SMILES string of the molecule is CN(CCC(=O)NC(c1ccccc1)c1ccccc1)Cc1nccn1CC(F)(F)F. The fourth-order valence-electron chi connectivity index (χ4n) is 3.32. The van der Waals surface area contributed by atoms with E-state index >= 15 is 0 Å². The number of benzene rings is 2. The molecule has 0 saturated heterocycles. The summed E-state index contributed by atoms with van der Waals surface area (Å²) in [5, 5.41) is 3.07. The first-order chi connectivity index (χ1) is 14.8. The molecule has 1 heterocycles. The van der Waals surface area contributed by atoms with E-state index in [0.717, 1.165) is 15.7 Å². The van der Waals surface area contributed by atoms with Crippen LogP contribution in [0.4, 0.5) is 13.2 Å². The lowest BCUT2D eigenvalue weighted by molar-refractivity contribution is -0.141. The van der Waals surface area contributed by atoms with Crippen molar-refractivity contribution in [3.05, 3.63) is 90.0 Å². The number of alkyl halides is 3. The number of aromatic nitrogens is 2. The lowest BCUT2D eigenvalue weighted by atomic mass is 9.98. The van der Waals surface area contributed by atoms with Crippen molar-refractivity contribution >= 4 is 5.91 Å². The summed E-state index contributed by atoms with van der Waals surface area (Å²) in [6.45, 7) is -0.468. The Balaban J connectivity index is 1.58. The molecule has 5 nitrogen and oxygen atoms in total. The lowest BCUT2D eigenvalue weighted by Gasteiger charge is -2.21. The second-order valence-corrected chi connectivity index (χ2v) is 7.40. The summed E-state index contributed by atoms with van der Waals surface area (Å²) in [5.74, 6) is 0.176. The smallest absolute Gasteiger partial charge is 0.345 e. The minimum Gasteiger partial charge on any atom is -0.345 e. The number of carbonyl (C=O) groups is 1. The Bertz CT molecular complexity index is 918. The Hall–Kier alpha value is -3.13. The zero-order valence-electron chi connectivity index (χ0n) is 17.2. The van der Waals surface area contributed by atoms with Crippen molar-refractivity contribution in [3.63, 3.8) is 0 Å². The molecule has 0 fully saturated rings. The molecule has 0 aliphatic rings. The topological polar surface area (TPSA) is 50.2 Å². The van der Waals surface area contributed by atoms with Crippen LogP contribution in [0.5, 0.6) is 0 Å². The van der Waals surface area contributed by atoms with Crippen molar-refractivity contribution in [1.82, 2.24) is 19.8 Å². The maximum atomic E-state index is 12.7. The Morgan fingerprint density at radius 2 is 1.65 bits per heavy atom. The average Bonchev–Trinajstić information content (AvgIpc) is 3.16. The number of hydrogen-bond acceptors (Lipinski definition) is 3. The van der Waals surface area contributed by atoms with Crippen LogP contribution in [-0.4, -0.2) is 40.1 Å². The van der Waals surface area contributed by atoms with Crippen LogP contribution < -0.4 is 5.32 Å². The van der Waals surface area contributed by atoms with Gasteiger partial charge in [-0.1, -0.05) is 60.7 Å². The zero-order valence-corrected chi connectivity index (χ0v) is 17.2. The molecule has 3 aromatic rings. The quantitative estimate of drug-likeness (QED) is 0.554. The molecule has 1 aromatic heterocycles. The van der Waals surface area contributed by atoms with Gasteiger partial charge in [-0.25, -0.2) is 4.98 Å². The summed E-state index contributed by atoms with van der Waals surface area (Å²) in [6.07, 6.45) is -1.43. The zero-order chi connectivity index (χ0) is 22.3. The molecule has 1 amide bonds. The largest absolute Gasteiger partial charge is 0.406 e. The van der Waals surface area contributed by atoms with Gasteiger partial charge in [0, 0.05) is 25.4 Å². The highest BCUT2D eigenvalue weighted by Gasteiger charge is 2.29. The maximum absolute atomic E-state index is 12.7. The van der Waals surface area contributed by atoms with Crippen LogP contribution in [0, 0.1) is 0 Å². The van der Waals surface area contributed by atoms with Crippen molar-refractivity contribution in [1.29, 1.82) is 0 Å². The Morgan fingerprint density at radius 3 is 2.19 bits per heavy atom. The molecular weight excluding hydrogens is 405 g/mol. The summed E-state index contributed by atoms with van der Waals surface area (Å²) in [7, 11) is 1.76. The van der Waals surface area contributed by atoms with Crippen molar-refractivity contribution in [2.45, 2.75) is 31.7 Å². The molecule has 0 saturated carbocycles. The number of nitrogens with one attached hydrogen (secondary N) is 1. The molecule has 2 aromatic carbocycles. The van der Waals surface area contributed by atoms with Gasteiger partial charge in [-0.15, -0.1) is 0 Å². The number of amides is 1. The van der Waals surface area contributed by atoms with E-state index < -0.39 is 12.7 Å². The van der Waals surface area contributed by atoms with Gasteiger partial charge in [0.15, 0.2) is 0 Å². The van der Waals surface area contributed by atoms with E-state index in [0.29, 0.717) is 12.4 Å². The van der Waals surface area contributed by atoms with Crippen LogP contribution in [-0.2, 0) is 17.9 Å². The highest BCUT2D eigenvalue weighted by Crippen LogP contribution is 2.22. The first kappa shape index (κ1) is 22.6. The fourth-order valence-corrected chi connectivity index (χ4v) is 3.32.